The van der Waals surface area contributed by atoms with Crippen LogP contribution in [0.3, 0.4) is 0 Å². The van der Waals surface area contributed by atoms with Crippen molar-refractivity contribution in [3.63, 3.8) is 0 Å². The SMILES string of the molecule is CCn1ncnc1CNCCCCC(C)C. The van der Waals surface area contributed by atoms with Gasteiger partial charge in [-0.25, -0.2) is 9.67 Å². The molecule has 0 saturated heterocycles. The Kier molecular flexibility index (Phi) is 6.08. The van der Waals surface area contributed by atoms with Crippen LogP contribution in [-0.2, 0) is 13.1 Å². The summed E-state index contributed by atoms with van der Waals surface area (Å²) in [6.45, 7) is 9.43. The number of aryl methyl sites for hydroxylation is 1. The van der Waals surface area contributed by atoms with Crippen molar-refractivity contribution in [2.75, 3.05) is 6.54 Å². The minimum atomic E-state index is 0.822. The van der Waals surface area contributed by atoms with Gasteiger partial charge in [-0.3, -0.25) is 0 Å². The molecule has 0 radical (unpaired) electrons. The van der Waals surface area contributed by atoms with Crippen molar-refractivity contribution in [3.8, 4) is 0 Å². The fourth-order valence-electron chi connectivity index (χ4n) is 1.69. The van der Waals surface area contributed by atoms with Gasteiger partial charge in [-0.15, -0.1) is 0 Å². The molecule has 0 bridgehead atoms. The monoisotopic (exact) mass is 224 g/mol. The Bertz CT molecular complexity index is 280. The summed E-state index contributed by atoms with van der Waals surface area (Å²) in [5, 5.41) is 7.55. The molecule has 1 rings (SSSR count). The minimum Gasteiger partial charge on any atom is -0.310 e. The van der Waals surface area contributed by atoms with Crippen LogP contribution in [0.5, 0.6) is 0 Å². The lowest BCUT2D eigenvalue weighted by Crippen LogP contribution is -2.18. The van der Waals surface area contributed by atoms with E-state index in [9.17, 15) is 0 Å². The fourth-order valence-corrected chi connectivity index (χ4v) is 1.69. The Labute approximate surface area is 98.5 Å². The van der Waals surface area contributed by atoms with Crippen LogP contribution in [-0.4, -0.2) is 21.3 Å². The van der Waals surface area contributed by atoms with Gasteiger partial charge in [0.2, 0.25) is 0 Å². The third kappa shape index (κ3) is 4.75. The number of nitrogens with zero attached hydrogens (tertiary/aromatic N) is 3. The Morgan fingerprint density at radius 3 is 2.88 bits per heavy atom. The maximum absolute atomic E-state index is 4.22. The third-order valence-electron chi connectivity index (χ3n) is 2.66. The summed E-state index contributed by atoms with van der Waals surface area (Å²) in [5.41, 5.74) is 0. The van der Waals surface area contributed by atoms with Gasteiger partial charge < -0.3 is 5.32 Å². The van der Waals surface area contributed by atoms with Crippen molar-refractivity contribution < 1.29 is 0 Å². The molecule has 0 aromatic carbocycles. The van der Waals surface area contributed by atoms with E-state index < -0.39 is 0 Å². The van der Waals surface area contributed by atoms with Crippen LogP contribution in [0.15, 0.2) is 6.33 Å². The summed E-state index contributed by atoms with van der Waals surface area (Å²) in [5.74, 6) is 1.86. The maximum Gasteiger partial charge on any atom is 0.140 e. The van der Waals surface area contributed by atoms with E-state index in [1.807, 2.05) is 4.68 Å². The van der Waals surface area contributed by atoms with Crippen molar-refractivity contribution in [1.29, 1.82) is 0 Å². The number of hydrogen-bond donors (Lipinski definition) is 1. The van der Waals surface area contributed by atoms with Gasteiger partial charge in [-0.1, -0.05) is 26.7 Å². The van der Waals surface area contributed by atoms with Crippen molar-refractivity contribution in [2.45, 2.75) is 53.1 Å². The lowest BCUT2D eigenvalue weighted by molar-refractivity contribution is 0.510. The molecule has 0 saturated carbocycles. The summed E-state index contributed by atoms with van der Waals surface area (Å²) >= 11 is 0. The zero-order valence-electron chi connectivity index (χ0n) is 10.7. The van der Waals surface area contributed by atoms with Crippen LogP contribution >= 0.6 is 0 Å². The van der Waals surface area contributed by atoms with Crippen molar-refractivity contribution >= 4 is 0 Å². The summed E-state index contributed by atoms with van der Waals surface area (Å²) in [7, 11) is 0. The first kappa shape index (κ1) is 13.2. The van der Waals surface area contributed by atoms with Crippen molar-refractivity contribution in [1.82, 2.24) is 20.1 Å². The molecular formula is C12H24N4. The maximum atomic E-state index is 4.22. The largest absolute Gasteiger partial charge is 0.310 e. The molecule has 4 nitrogen and oxygen atoms in total. The van der Waals surface area contributed by atoms with Gasteiger partial charge in [-0.2, -0.15) is 5.10 Å². The molecule has 0 fully saturated rings. The highest BCUT2D eigenvalue weighted by Gasteiger charge is 2.01. The van der Waals surface area contributed by atoms with Gasteiger partial charge in [0.15, 0.2) is 0 Å². The highest BCUT2D eigenvalue weighted by atomic mass is 15.3. The molecular weight excluding hydrogens is 200 g/mol. The van der Waals surface area contributed by atoms with E-state index >= 15 is 0 Å². The average molecular weight is 224 g/mol. The van der Waals surface area contributed by atoms with E-state index in [4.69, 9.17) is 0 Å². The van der Waals surface area contributed by atoms with Crippen LogP contribution in [0, 0.1) is 5.92 Å². The number of hydrogen-bond acceptors (Lipinski definition) is 3. The second-order valence-electron chi connectivity index (χ2n) is 4.56. The second kappa shape index (κ2) is 7.39. The quantitative estimate of drug-likeness (QED) is 0.688. The lowest BCUT2D eigenvalue weighted by atomic mass is 10.1. The fraction of sp³-hybridized carbons (Fsp3) is 0.833. The summed E-state index contributed by atoms with van der Waals surface area (Å²) < 4.78 is 1.93. The lowest BCUT2D eigenvalue weighted by Gasteiger charge is -2.06. The van der Waals surface area contributed by atoms with Gasteiger partial charge in [0.25, 0.3) is 0 Å². The van der Waals surface area contributed by atoms with Crippen LogP contribution in [0.4, 0.5) is 0 Å². The zero-order valence-corrected chi connectivity index (χ0v) is 10.7. The molecule has 0 amide bonds. The smallest absolute Gasteiger partial charge is 0.140 e. The van der Waals surface area contributed by atoms with Gasteiger partial charge >= 0.3 is 0 Å². The predicted molar refractivity (Wildman–Crippen MR) is 66.1 cm³/mol. The average Bonchev–Trinajstić information content (AvgIpc) is 2.70. The van der Waals surface area contributed by atoms with Crippen LogP contribution < -0.4 is 5.32 Å². The van der Waals surface area contributed by atoms with Gasteiger partial charge in [0.1, 0.15) is 12.2 Å². The molecule has 4 heteroatoms. The van der Waals surface area contributed by atoms with Gasteiger partial charge in [0, 0.05) is 6.54 Å². The molecule has 16 heavy (non-hydrogen) atoms. The van der Waals surface area contributed by atoms with E-state index in [0.29, 0.717) is 0 Å². The molecule has 1 heterocycles. The standard InChI is InChI=1S/C12H24N4/c1-4-16-12(14-10-15-16)9-13-8-6-5-7-11(2)3/h10-11,13H,4-9H2,1-3H3. The first-order valence-electron chi connectivity index (χ1n) is 6.31. The van der Waals surface area contributed by atoms with Crippen LogP contribution in [0.1, 0.15) is 45.9 Å². The van der Waals surface area contributed by atoms with E-state index in [1.165, 1.54) is 19.3 Å². The molecule has 0 aliphatic carbocycles. The zero-order chi connectivity index (χ0) is 11.8. The van der Waals surface area contributed by atoms with Crippen molar-refractivity contribution in [3.05, 3.63) is 12.2 Å². The molecule has 1 aromatic rings. The van der Waals surface area contributed by atoms with E-state index in [-0.39, 0.29) is 0 Å². The Morgan fingerprint density at radius 2 is 2.19 bits per heavy atom. The molecule has 0 aliphatic rings. The molecule has 0 unspecified atom stereocenters. The molecule has 0 aliphatic heterocycles. The highest BCUT2D eigenvalue weighted by Crippen LogP contribution is 2.05. The van der Waals surface area contributed by atoms with Crippen molar-refractivity contribution in [2.24, 2.45) is 5.92 Å². The van der Waals surface area contributed by atoms with E-state index in [1.54, 1.807) is 6.33 Å². The molecule has 0 atom stereocenters. The molecule has 0 spiro atoms. The van der Waals surface area contributed by atoms with Gasteiger partial charge in [0.05, 0.1) is 6.54 Å². The second-order valence-corrected chi connectivity index (χ2v) is 4.56. The first-order chi connectivity index (χ1) is 7.74. The van der Waals surface area contributed by atoms with Crippen LogP contribution in [0.2, 0.25) is 0 Å². The summed E-state index contributed by atoms with van der Waals surface area (Å²) in [6.07, 6.45) is 5.51. The number of nitrogens with one attached hydrogen (secondary N) is 1. The number of rotatable bonds is 8. The molecule has 1 aromatic heterocycles. The number of unbranched alkanes of at least 4 members (excludes halogenated alkanes) is 1. The van der Waals surface area contributed by atoms with E-state index in [0.717, 1.165) is 31.4 Å². The number of aromatic nitrogens is 3. The van der Waals surface area contributed by atoms with Crippen LogP contribution in [0.25, 0.3) is 0 Å². The Morgan fingerprint density at radius 1 is 1.38 bits per heavy atom. The minimum absolute atomic E-state index is 0.822. The first-order valence-corrected chi connectivity index (χ1v) is 6.31. The Hall–Kier alpha value is -0.900. The molecule has 1 N–H and O–H groups in total. The Balaban J connectivity index is 2.07. The summed E-state index contributed by atoms with van der Waals surface area (Å²) in [4.78, 5) is 4.22. The highest BCUT2D eigenvalue weighted by molar-refractivity contribution is 4.83. The predicted octanol–water partition coefficient (Wildman–Crippen LogP) is 2.21. The van der Waals surface area contributed by atoms with E-state index in [2.05, 4.69) is 36.2 Å². The topological polar surface area (TPSA) is 42.7 Å². The normalized spacial score (nSPS) is 11.2. The summed E-state index contributed by atoms with van der Waals surface area (Å²) in [6, 6.07) is 0. The third-order valence-corrected chi connectivity index (χ3v) is 2.66. The molecule has 92 valence electrons. The van der Waals surface area contributed by atoms with Gasteiger partial charge in [-0.05, 0) is 25.8 Å².